The molecular formula is C22H28FN3O2. The van der Waals surface area contributed by atoms with Gasteiger partial charge in [-0.05, 0) is 57.0 Å². The monoisotopic (exact) mass is 385 g/mol. The summed E-state index contributed by atoms with van der Waals surface area (Å²) in [7, 11) is 0. The summed E-state index contributed by atoms with van der Waals surface area (Å²) >= 11 is 0. The maximum absolute atomic E-state index is 13.3. The van der Waals surface area contributed by atoms with Crippen molar-refractivity contribution in [3.8, 4) is 5.69 Å². The van der Waals surface area contributed by atoms with Crippen LogP contribution in [-0.2, 0) is 4.74 Å². The van der Waals surface area contributed by atoms with Crippen molar-refractivity contribution in [2.24, 2.45) is 0 Å². The number of rotatable bonds is 4. The largest absolute Gasteiger partial charge is 0.377 e. The van der Waals surface area contributed by atoms with Gasteiger partial charge in [0.15, 0.2) is 0 Å². The summed E-state index contributed by atoms with van der Waals surface area (Å²) in [5.74, 6) is -0.179. The van der Waals surface area contributed by atoms with Crippen molar-refractivity contribution in [1.82, 2.24) is 14.4 Å². The van der Waals surface area contributed by atoms with E-state index >= 15 is 0 Å². The molecule has 0 aliphatic carbocycles. The van der Waals surface area contributed by atoms with Crippen molar-refractivity contribution in [2.75, 3.05) is 39.3 Å². The van der Waals surface area contributed by atoms with Crippen LogP contribution in [0.1, 0.15) is 34.6 Å². The lowest BCUT2D eigenvalue weighted by Gasteiger charge is -2.35. The number of benzene rings is 1. The van der Waals surface area contributed by atoms with E-state index in [1.165, 1.54) is 12.1 Å². The summed E-state index contributed by atoms with van der Waals surface area (Å²) in [4.78, 5) is 17.5. The third-order valence-corrected chi connectivity index (χ3v) is 5.89. The first-order chi connectivity index (χ1) is 13.5. The van der Waals surface area contributed by atoms with Crippen LogP contribution in [-0.4, -0.2) is 65.7 Å². The Morgan fingerprint density at radius 3 is 2.50 bits per heavy atom. The number of nitrogens with zero attached hydrogens (tertiary/aromatic N) is 3. The zero-order valence-electron chi connectivity index (χ0n) is 16.7. The summed E-state index contributed by atoms with van der Waals surface area (Å²) in [5.41, 5.74) is 3.48. The molecule has 1 unspecified atom stereocenters. The Labute approximate surface area is 165 Å². The molecule has 1 atom stereocenters. The molecule has 2 aliphatic heterocycles. The molecule has 2 saturated heterocycles. The van der Waals surface area contributed by atoms with Crippen molar-refractivity contribution in [1.29, 1.82) is 0 Å². The van der Waals surface area contributed by atoms with Gasteiger partial charge >= 0.3 is 0 Å². The van der Waals surface area contributed by atoms with Gasteiger partial charge in [0.05, 0.1) is 11.7 Å². The summed E-state index contributed by atoms with van der Waals surface area (Å²) in [5, 5.41) is 0. The zero-order valence-corrected chi connectivity index (χ0v) is 16.7. The Hall–Kier alpha value is -2.18. The van der Waals surface area contributed by atoms with Crippen molar-refractivity contribution in [3.05, 3.63) is 53.1 Å². The minimum atomic E-state index is -0.261. The molecule has 5 nitrogen and oxygen atoms in total. The highest BCUT2D eigenvalue weighted by atomic mass is 19.1. The fourth-order valence-corrected chi connectivity index (χ4v) is 4.35. The van der Waals surface area contributed by atoms with Crippen LogP contribution in [0.15, 0.2) is 30.3 Å². The lowest BCUT2D eigenvalue weighted by Crippen LogP contribution is -2.50. The summed E-state index contributed by atoms with van der Waals surface area (Å²) < 4.78 is 21.0. The molecule has 0 N–H and O–H groups in total. The minimum Gasteiger partial charge on any atom is -0.377 e. The average Bonchev–Trinajstić information content (AvgIpc) is 3.30. The normalized spacial score (nSPS) is 20.7. The van der Waals surface area contributed by atoms with Crippen LogP contribution in [0.25, 0.3) is 5.69 Å². The SMILES string of the molecule is Cc1cc(C(=O)N2CCN(CC3CCCO3)CC2)c(C)n1-c1ccc(F)cc1. The van der Waals surface area contributed by atoms with E-state index in [4.69, 9.17) is 4.74 Å². The topological polar surface area (TPSA) is 37.7 Å². The molecule has 0 radical (unpaired) electrons. The van der Waals surface area contributed by atoms with Crippen LogP contribution in [0.3, 0.4) is 0 Å². The third kappa shape index (κ3) is 3.84. The number of amides is 1. The maximum Gasteiger partial charge on any atom is 0.255 e. The van der Waals surface area contributed by atoms with Gasteiger partial charge in [-0.1, -0.05) is 0 Å². The third-order valence-electron chi connectivity index (χ3n) is 5.89. The highest BCUT2D eigenvalue weighted by Crippen LogP contribution is 2.23. The van der Waals surface area contributed by atoms with Gasteiger partial charge in [-0.2, -0.15) is 0 Å². The molecular weight excluding hydrogens is 357 g/mol. The molecule has 28 heavy (non-hydrogen) atoms. The van der Waals surface area contributed by atoms with E-state index in [0.717, 1.165) is 74.8 Å². The van der Waals surface area contributed by atoms with Crippen LogP contribution in [0.4, 0.5) is 4.39 Å². The standard InChI is InChI=1S/C22H28FN3O2/c1-16-14-21(17(2)26(16)19-7-5-18(23)6-8-19)22(27)25-11-9-24(10-12-25)15-20-4-3-13-28-20/h5-8,14,20H,3-4,9-13,15H2,1-2H3. The van der Waals surface area contributed by atoms with Crippen molar-refractivity contribution in [3.63, 3.8) is 0 Å². The summed E-state index contributed by atoms with van der Waals surface area (Å²) in [6.45, 7) is 9.06. The van der Waals surface area contributed by atoms with Crippen LogP contribution >= 0.6 is 0 Å². The Kier molecular flexibility index (Phi) is 5.51. The van der Waals surface area contributed by atoms with Crippen molar-refractivity contribution < 1.29 is 13.9 Å². The first-order valence-electron chi connectivity index (χ1n) is 10.1. The lowest BCUT2D eigenvalue weighted by atomic mass is 10.1. The van der Waals surface area contributed by atoms with Gasteiger partial charge < -0.3 is 14.2 Å². The molecule has 150 valence electrons. The van der Waals surface area contributed by atoms with Crippen molar-refractivity contribution >= 4 is 5.91 Å². The first-order valence-corrected chi connectivity index (χ1v) is 10.1. The average molecular weight is 385 g/mol. The number of hydrogen-bond acceptors (Lipinski definition) is 3. The number of aryl methyl sites for hydroxylation is 1. The number of ether oxygens (including phenoxy) is 1. The molecule has 0 saturated carbocycles. The van der Waals surface area contributed by atoms with Gasteiger partial charge in [0.2, 0.25) is 0 Å². The molecule has 1 amide bonds. The van der Waals surface area contributed by atoms with Gasteiger partial charge in [-0.15, -0.1) is 0 Å². The second-order valence-corrected chi connectivity index (χ2v) is 7.82. The zero-order chi connectivity index (χ0) is 19.7. The van der Waals surface area contributed by atoms with Crippen LogP contribution in [0.5, 0.6) is 0 Å². The molecule has 0 bridgehead atoms. The first kappa shape index (κ1) is 19.2. The summed E-state index contributed by atoms with van der Waals surface area (Å²) in [6.07, 6.45) is 2.67. The minimum absolute atomic E-state index is 0.0817. The molecule has 3 heterocycles. The van der Waals surface area contributed by atoms with Gasteiger partial charge in [0.1, 0.15) is 5.82 Å². The molecule has 2 aliphatic rings. The number of halogens is 1. The molecule has 6 heteroatoms. The number of carbonyl (C=O) groups is 1. The van der Waals surface area contributed by atoms with Gasteiger partial charge in [-0.25, -0.2) is 4.39 Å². The predicted molar refractivity (Wildman–Crippen MR) is 107 cm³/mol. The smallest absolute Gasteiger partial charge is 0.255 e. The Morgan fingerprint density at radius 1 is 1.14 bits per heavy atom. The molecule has 2 fully saturated rings. The lowest BCUT2D eigenvalue weighted by molar-refractivity contribution is 0.0432. The quantitative estimate of drug-likeness (QED) is 0.811. The summed E-state index contributed by atoms with van der Waals surface area (Å²) in [6, 6.07) is 8.33. The van der Waals surface area contributed by atoms with Gasteiger partial charge in [0.25, 0.3) is 5.91 Å². The fraction of sp³-hybridized carbons (Fsp3) is 0.500. The number of hydrogen-bond donors (Lipinski definition) is 0. The van der Waals surface area contributed by atoms with E-state index in [2.05, 4.69) is 4.90 Å². The predicted octanol–water partition coefficient (Wildman–Crippen LogP) is 3.17. The number of carbonyl (C=O) groups excluding carboxylic acids is 1. The Morgan fingerprint density at radius 2 is 1.86 bits per heavy atom. The molecule has 1 aromatic carbocycles. The number of aromatic nitrogens is 1. The Bertz CT molecular complexity index is 832. The van der Waals surface area contributed by atoms with Crippen LogP contribution < -0.4 is 0 Å². The fourth-order valence-electron chi connectivity index (χ4n) is 4.35. The van der Waals surface area contributed by atoms with E-state index in [1.54, 1.807) is 12.1 Å². The van der Waals surface area contributed by atoms with E-state index in [0.29, 0.717) is 6.10 Å². The molecule has 1 aromatic heterocycles. The number of piperazine rings is 1. The van der Waals surface area contributed by atoms with Gasteiger partial charge in [-0.3, -0.25) is 9.69 Å². The van der Waals surface area contributed by atoms with E-state index in [9.17, 15) is 9.18 Å². The second-order valence-electron chi connectivity index (χ2n) is 7.82. The van der Waals surface area contributed by atoms with Crippen LogP contribution in [0, 0.1) is 19.7 Å². The van der Waals surface area contributed by atoms with E-state index in [1.807, 2.05) is 29.4 Å². The molecule has 2 aromatic rings. The highest BCUT2D eigenvalue weighted by molar-refractivity contribution is 5.96. The van der Waals surface area contributed by atoms with E-state index < -0.39 is 0 Å². The van der Waals surface area contributed by atoms with Gasteiger partial charge in [0, 0.05) is 56.4 Å². The van der Waals surface area contributed by atoms with E-state index in [-0.39, 0.29) is 11.7 Å². The van der Waals surface area contributed by atoms with Crippen LogP contribution in [0.2, 0.25) is 0 Å². The Balaban J connectivity index is 1.44. The molecule has 4 rings (SSSR count). The van der Waals surface area contributed by atoms with Crippen molar-refractivity contribution in [2.45, 2.75) is 32.8 Å². The molecule has 0 spiro atoms. The highest BCUT2D eigenvalue weighted by Gasteiger charge is 2.27. The maximum atomic E-state index is 13.3. The second kappa shape index (κ2) is 8.05.